The van der Waals surface area contributed by atoms with Crippen molar-refractivity contribution < 1.29 is 0 Å². The van der Waals surface area contributed by atoms with Gasteiger partial charge in [0.1, 0.15) is 0 Å². The molecule has 0 amide bonds. The molecule has 0 N–H and O–H groups in total. The monoisotopic (exact) mass is 291 g/mol. The molecular formula is C16H29N5. The Labute approximate surface area is 128 Å². The summed E-state index contributed by atoms with van der Waals surface area (Å²) in [4.78, 5) is 2.61. The molecule has 0 spiro atoms. The van der Waals surface area contributed by atoms with Gasteiger partial charge >= 0.3 is 0 Å². The van der Waals surface area contributed by atoms with E-state index in [0.717, 1.165) is 5.82 Å². The zero-order chi connectivity index (χ0) is 14.7. The normalized spacial score (nSPS) is 23.6. The molecule has 1 saturated heterocycles. The van der Waals surface area contributed by atoms with Crippen molar-refractivity contribution in [3.8, 4) is 0 Å². The van der Waals surface area contributed by atoms with Crippen LogP contribution in [0.25, 0.3) is 0 Å². The van der Waals surface area contributed by atoms with Gasteiger partial charge in [-0.05, 0) is 55.1 Å². The minimum Gasteiger partial charge on any atom is -0.293 e. The fourth-order valence-electron chi connectivity index (χ4n) is 4.06. The van der Waals surface area contributed by atoms with Crippen molar-refractivity contribution in [1.82, 2.24) is 25.1 Å². The molecule has 0 unspecified atom stereocenters. The Hall–Kier alpha value is -0.970. The first kappa shape index (κ1) is 14.9. The van der Waals surface area contributed by atoms with E-state index in [-0.39, 0.29) is 0 Å². The van der Waals surface area contributed by atoms with Crippen LogP contribution >= 0.6 is 0 Å². The van der Waals surface area contributed by atoms with E-state index in [2.05, 4.69) is 39.0 Å². The van der Waals surface area contributed by atoms with Crippen molar-refractivity contribution in [1.29, 1.82) is 0 Å². The molecule has 1 aromatic heterocycles. The molecule has 1 aromatic rings. The van der Waals surface area contributed by atoms with Crippen molar-refractivity contribution in [2.24, 2.45) is 5.92 Å². The number of nitrogens with zero attached hydrogens (tertiary/aromatic N) is 5. The van der Waals surface area contributed by atoms with Gasteiger partial charge in [-0.25, -0.2) is 4.68 Å². The van der Waals surface area contributed by atoms with Gasteiger partial charge in [0, 0.05) is 0 Å². The quantitative estimate of drug-likeness (QED) is 0.853. The molecule has 0 aromatic carbocycles. The van der Waals surface area contributed by atoms with Crippen molar-refractivity contribution >= 4 is 0 Å². The van der Waals surface area contributed by atoms with E-state index in [0.29, 0.717) is 18.0 Å². The van der Waals surface area contributed by atoms with Crippen LogP contribution in [0.3, 0.4) is 0 Å². The minimum atomic E-state index is 0.377. The minimum absolute atomic E-state index is 0.377. The van der Waals surface area contributed by atoms with Gasteiger partial charge in [-0.3, -0.25) is 4.90 Å². The third-order valence-electron chi connectivity index (χ3n) is 5.12. The molecular weight excluding hydrogens is 262 g/mol. The molecule has 2 fully saturated rings. The second-order valence-corrected chi connectivity index (χ2v) is 7.06. The Kier molecular flexibility index (Phi) is 4.88. The Morgan fingerprint density at radius 2 is 1.62 bits per heavy atom. The smallest absolute Gasteiger partial charge is 0.168 e. The SMILES string of the molecule is CC(C)[C@H](c1nnnn1C1CCCCC1)N1CCCCC1. The van der Waals surface area contributed by atoms with E-state index < -0.39 is 0 Å². The Balaban J connectivity index is 1.83. The van der Waals surface area contributed by atoms with Gasteiger partial charge in [-0.15, -0.1) is 5.10 Å². The van der Waals surface area contributed by atoms with Crippen molar-refractivity contribution in [3.63, 3.8) is 0 Å². The van der Waals surface area contributed by atoms with Gasteiger partial charge in [0.2, 0.25) is 0 Å². The van der Waals surface area contributed by atoms with E-state index in [9.17, 15) is 0 Å². The lowest BCUT2D eigenvalue weighted by atomic mass is 9.94. The van der Waals surface area contributed by atoms with Crippen LogP contribution in [0.4, 0.5) is 0 Å². The van der Waals surface area contributed by atoms with E-state index in [4.69, 9.17) is 0 Å². The third-order valence-corrected chi connectivity index (χ3v) is 5.12. The number of likely N-dealkylation sites (tertiary alicyclic amines) is 1. The highest BCUT2D eigenvalue weighted by Crippen LogP contribution is 2.34. The summed E-state index contributed by atoms with van der Waals surface area (Å²) >= 11 is 0. The summed E-state index contributed by atoms with van der Waals surface area (Å²) < 4.78 is 2.17. The molecule has 5 nitrogen and oxygen atoms in total. The van der Waals surface area contributed by atoms with Crippen molar-refractivity contribution in [3.05, 3.63) is 5.82 Å². The topological polar surface area (TPSA) is 46.8 Å². The van der Waals surface area contributed by atoms with Crippen LogP contribution in [0.1, 0.15) is 83.1 Å². The summed E-state index contributed by atoms with van der Waals surface area (Å²) in [5, 5.41) is 12.8. The Morgan fingerprint density at radius 1 is 0.952 bits per heavy atom. The van der Waals surface area contributed by atoms with Crippen LogP contribution in [0.15, 0.2) is 0 Å². The van der Waals surface area contributed by atoms with E-state index in [1.54, 1.807) is 0 Å². The maximum atomic E-state index is 4.45. The maximum Gasteiger partial charge on any atom is 0.168 e. The molecule has 1 atom stereocenters. The number of rotatable bonds is 4. The fourth-order valence-corrected chi connectivity index (χ4v) is 4.06. The lowest BCUT2D eigenvalue weighted by molar-refractivity contribution is 0.114. The average Bonchev–Trinajstić information content (AvgIpc) is 2.98. The average molecular weight is 291 g/mol. The molecule has 1 aliphatic carbocycles. The van der Waals surface area contributed by atoms with Crippen LogP contribution < -0.4 is 0 Å². The Bertz CT molecular complexity index is 430. The molecule has 0 bridgehead atoms. The first-order valence-electron chi connectivity index (χ1n) is 8.79. The summed E-state index contributed by atoms with van der Waals surface area (Å²) in [5.74, 6) is 1.66. The van der Waals surface area contributed by atoms with Crippen LogP contribution in [-0.4, -0.2) is 38.2 Å². The predicted molar refractivity (Wildman–Crippen MR) is 82.9 cm³/mol. The zero-order valence-corrected chi connectivity index (χ0v) is 13.5. The second-order valence-electron chi connectivity index (χ2n) is 7.06. The standard InChI is InChI=1S/C16H29N5/c1-13(2)15(20-11-7-4-8-12-20)16-17-18-19-21(16)14-9-5-3-6-10-14/h13-15H,3-12H2,1-2H3/t15-/m1/s1. The van der Waals surface area contributed by atoms with E-state index in [1.165, 1.54) is 64.5 Å². The summed E-state index contributed by atoms with van der Waals surface area (Å²) in [6.07, 6.45) is 10.5. The Morgan fingerprint density at radius 3 is 2.29 bits per heavy atom. The molecule has 1 aliphatic heterocycles. The zero-order valence-electron chi connectivity index (χ0n) is 13.5. The van der Waals surface area contributed by atoms with E-state index in [1.807, 2.05) is 0 Å². The number of tetrazole rings is 1. The van der Waals surface area contributed by atoms with Crippen molar-refractivity contribution in [2.75, 3.05) is 13.1 Å². The first-order chi connectivity index (χ1) is 10.3. The lowest BCUT2D eigenvalue weighted by Crippen LogP contribution is -2.38. The molecule has 0 radical (unpaired) electrons. The number of aromatic nitrogens is 4. The maximum absolute atomic E-state index is 4.45. The van der Waals surface area contributed by atoms with Gasteiger partial charge in [0.15, 0.2) is 5.82 Å². The van der Waals surface area contributed by atoms with Crippen LogP contribution in [0, 0.1) is 5.92 Å². The first-order valence-corrected chi connectivity index (χ1v) is 8.79. The summed E-state index contributed by atoms with van der Waals surface area (Å²) in [6, 6.07) is 0.900. The molecule has 3 rings (SSSR count). The van der Waals surface area contributed by atoms with Crippen LogP contribution in [0.2, 0.25) is 0 Å². The largest absolute Gasteiger partial charge is 0.293 e. The molecule has 118 valence electrons. The van der Waals surface area contributed by atoms with Crippen molar-refractivity contribution in [2.45, 2.75) is 77.3 Å². The van der Waals surface area contributed by atoms with Gasteiger partial charge < -0.3 is 0 Å². The van der Waals surface area contributed by atoms with Crippen LogP contribution in [0.5, 0.6) is 0 Å². The molecule has 2 aliphatic rings. The lowest BCUT2D eigenvalue weighted by Gasteiger charge is -2.36. The molecule has 21 heavy (non-hydrogen) atoms. The summed E-state index contributed by atoms with van der Waals surface area (Å²) in [6.45, 7) is 7.00. The second kappa shape index (κ2) is 6.86. The summed E-state index contributed by atoms with van der Waals surface area (Å²) in [7, 11) is 0. The van der Waals surface area contributed by atoms with Gasteiger partial charge in [-0.2, -0.15) is 0 Å². The summed E-state index contributed by atoms with van der Waals surface area (Å²) in [5.41, 5.74) is 0. The van der Waals surface area contributed by atoms with Gasteiger partial charge in [-0.1, -0.05) is 39.5 Å². The molecule has 2 heterocycles. The van der Waals surface area contributed by atoms with Gasteiger partial charge in [0.25, 0.3) is 0 Å². The predicted octanol–water partition coefficient (Wildman–Crippen LogP) is 3.36. The fraction of sp³-hybridized carbons (Fsp3) is 0.938. The third kappa shape index (κ3) is 3.28. The molecule has 1 saturated carbocycles. The van der Waals surface area contributed by atoms with Crippen LogP contribution in [-0.2, 0) is 0 Å². The number of hydrogen-bond donors (Lipinski definition) is 0. The highest BCUT2D eigenvalue weighted by atomic mass is 15.6. The highest BCUT2D eigenvalue weighted by molar-refractivity contribution is 4.98. The number of hydrogen-bond acceptors (Lipinski definition) is 4. The van der Waals surface area contributed by atoms with E-state index >= 15 is 0 Å². The highest BCUT2D eigenvalue weighted by Gasteiger charge is 2.31. The molecule has 5 heteroatoms. The van der Waals surface area contributed by atoms with Gasteiger partial charge in [0.05, 0.1) is 12.1 Å². The number of piperidine rings is 1.